The first-order valence-corrected chi connectivity index (χ1v) is 7.37. The molecule has 1 atom stereocenters. The number of carbonyl (C=O) groups excluding carboxylic acids is 1. The monoisotopic (exact) mass is 298 g/mol. The van der Waals surface area contributed by atoms with Gasteiger partial charge in [0.1, 0.15) is 0 Å². The molecule has 3 heterocycles. The standard InChI is InChI=1S/C16H18N4O2/c1-22-16-18-10-12(11-19-16)15(21)20-9-5-3-7-14(20)13-6-2-4-8-17-13/h2,4,6,8,10-11,14H,3,5,7,9H2,1H3. The van der Waals surface area contributed by atoms with Gasteiger partial charge in [-0.15, -0.1) is 0 Å². The Bertz CT molecular complexity index is 630. The lowest BCUT2D eigenvalue weighted by atomic mass is 9.98. The normalized spacial score (nSPS) is 18.0. The third-order valence-electron chi connectivity index (χ3n) is 3.85. The van der Waals surface area contributed by atoms with Gasteiger partial charge in [-0.1, -0.05) is 6.07 Å². The number of carbonyl (C=O) groups is 1. The van der Waals surface area contributed by atoms with Crippen LogP contribution < -0.4 is 4.74 Å². The fraction of sp³-hybridized carbons (Fsp3) is 0.375. The number of nitrogens with zero attached hydrogens (tertiary/aromatic N) is 4. The van der Waals surface area contributed by atoms with Crippen LogP contribution in [0.1, 0.15) is 41.4 Å². The molecule has 0 aromatic carbocycles. The Morgan fingerprint density at radius 1 is 1.23 bits per heavy atom. The molecule has 1 aliphatic rings. The van der Waals surface area contributed by atoms with Gasteiger partial charge in [-0.2, -0.15) is 0 Å². The minimum Gasteiger partial charge on any atom is -0.467 e. The molecule has 0 radical (unpaired) electrons. The van der Waals surface area contributed by atoms with Crippen molar-refractivity contribution in [3.8, 4) is 6.01 Å². The van der Waals surface area contributed by atoms with Crippen molar-refractivity contribution in [1.82, 2.24) is 19.9 Å². The van der Waals surface area contributed by atoms with Crippen LogP contribution in [0.3, 0.4) is 0 Å². The van der Waals surface area contributed by atoms with Crippen molar-refractivity contribution in [1.29, 1.82) is 0 Å². The summed E-state index contributed by atoms with van der Waals surface area (Å²) >= 11 is 0. The Morgan fingerprint density at radius 3 is 2.73 bits per heavy atom. The van der Waals surface area contributed by atoms with E-state index in [2.05, 4.69) is 15.0 Å². The maximum Gasteiger partial charge on any atom is 0.316 e. The summed E-state index contributed by atoms with van der Waals surface area (Å²) < 4.78 is 4.93. The molecular weight excluding hydrogens is 280 g/mol. The van der Waals surface area contributed by atoms with E-state index in [4.69, 9.17) is 4.74 Å². The molecule has 0 N–H and O–H groups in total. The Morgan fingerprint density at radius 2 is 2.05 bits per heavy atom. The fourth-order valence-electron chi connectivity index (χ4n) is 2.75. The number of likely N-dealkylation sites (tertiary alicyclic amines) is 1. The lowest BCUT2D eigenvalue weighted by Gasteiger charge is -2.35. The molecule has 1 amide bonds. The minimum absolute atomic E-state index is 0.0181. The highest BCUT2D eigenvalue weighted by molar-refractivity contribution is 5.94. The molecule has 1 aliphatic heterocycles. The number of hydrogen-bond donors (Lipinski definition) is 0. The van der Waals surface area contributed by atoms with E-state index < -0.39 is 0 Å². The van der Waals surface area contributed by atoms with Crippen molar-refractivity contribution < 1.29 is 9.53 Å². The quantitative estimate of drug-likeness (QED) is 0.869. The second-order valence-corrected chi connectivity index (χ2v) is 5.22. The minimum atomic E-state index is -0.0574. The number of methoxy groups -OCH3 is 1. The Balaban J connectivity index is 1.85. The van der Waals surface area contributed by atoms with Crippen LogP contribution in [0.15, 0.2) is 36.8 Å². The zero-order valence-electron chi connectivity index (χ0n) is 12.5. The van der Waals surface area contributed by atoms with Crippen LogP contribution in [0, 0.1) is 0 Å². The predicted octanol–water partition coefficient (Wildman–Crippen LogP) is 2.25. The summed E-state index contributed by atoms with van der Waals surface area (Å²) in [4.78, 5) is 27.1. The summed E-state index contributed by atoms with van der Waals surface area (Å²) in [6, 6.07) is 6.09. The van der Waals surface area contributed by atoms with Gasteiger partial charge in [-0.05, 0) is 31.4 Å². The summed E-state index contributed by atoms with van der Waals surface area (Å²) in [5.41, 5.74) is 1.41. The van der Waals surface area contributed by atoms with E-state index >= 15 is 0 Å². The van der Waals surface area contributed by atoms with E-state index in [1.54, 1.807) is 6.20 Å². The molecular formula is C16H18N4O2. The van der Waals surface area contributed by atoms with Gasteiger partial charge >= 0.3 is 6.01 Å². The Hall–Kier alpha value is -2.50. The number of aromatic nitrogens is 3. The molecule has 0 bridgehead atoms. The van der Waals surface area contributed by atoms with Crippen LogP contribution in [-0.2, 0) is 0 Å². The zero-order chi connectivity index (χ0) is 15.4. The maximum atomic E-state index is 12.8. The maximum absolute atomic E-state index is 12.8. The van der Waals surface area contributed by atoms with Gasteiger partial charge in [0.05, 0.1) is 24.4 Å². The molecule has 1 fully saturated rings. The lowest BCUT2D eigenvalue weighted by molar-refractivity contribution is 0.0605. The molecule has 0 saturated carbocycles. The molecule has 1 saturated heterocycles. The molecule has 6 nitrogen and oxygen atoms in total. The topological polar surface area (TPSA) is 68.2 Å². The number of amides is 1. The van der Waals surface area contributed by atoms with E-state index in [0.29, 0.717) is 5.56 Å². The summed E-state index contributed by atoms with van der Waals surface area (Å²) in [6.07, 6.45) is 7.83. The van der Waals surface area contributed by atoms with Gasteiger partial charge in [-0.3, -0.25) is 9.78 Å². The highest BCUT2D eigenvalue weighted by Crippen LogP contribution is 2.30. The highest BCUT2D eigenvalue weighted by atomic mass is 16.5. The molecule has 2 aromatic heterocycles. The first kappa shape index (κ1) is 14.4. The van der Waals surface area contributed by atoms with Crippen LogP contribution in [0.25, 0.3) is 0 Å². The number of rotatable bonds is 3. The number of piperidine rings is 1. The molecule has 2 aromatic rings. The molecule has 0 aliphatic carbocycles. The second-order valence-electron chi connectivity index (χ2n) is 5.22. The van der Waals surface area contributed by atoms with Crippen molar-refractivity contribution >= 4 is 5.91 Å². The van der Waals surface area contributed by atoms with Crippen molar-refractivity contribution in [3.63, 3.8) is 0 Å². The average Bonchev–Trinajstić information content (AvgIpc) is 2.62. The molecule has 3 rings (SSSR count). The zero-order valence-corrected chi connectivity index (χ0v) is 12.5. The van der Waals surface area contributed by atoms with E-state index in [1.807, 2.05) is 23.1 Å². The van der Waals surface area contributed by atoms with E-state index in [-0.39, 0.29) is 18.0 Å². The van der Waals surface area contributed by atoms with E-state index in [1.165, 1.54) is 19.5 Å². The number of hydrogen-bond acceptors (Lipinski definition) is 5. The summed E-state index contributed by atoms with van der Waals surface area (Å²) in [5, 5.41) is 0. The van der Waals surface area contributed by atoms with Crippen molar-refractivity contribution in [2.75, 3.05) is 13.7 Å². The summed E-state index contributed by atoms with van der Waals surface area (Å²) in [7, 11) is 1.50. The molecule has 0 spiro atoms. The van der Waals surface area contributed by atoms with E-state index in [9.17, 15) is 4.79 Å². The largest absolute Gasteiger partial charge is 0.467 e. The second kappa shape index (κ2) is 6.51. The van der Waals surface area contributed by atoms with Gasteiger partial charge in [0.25, 0.3) is 5.91 Å². The molecule has 114 valence electrons. The predicted molar refractivity (Wildman–Crippen MR) is 80.4 cm³/mol. The van der Waals surface area contributed by atoms with Crippen molar-refractivity contribution in [2.45, 2.75) is 25.3 Å². The Kier molecular flexibility index (Phi) is 4.27. The van der Waals surface area contributed by atoms with Gasteiger partial charge in [0.2, 0.25) is 0 Å². The Labute approximate surface area is 129 Å². The van der Waals surface area contributed by atoms with Crippen LogP contribution in [0.5, 0.6) is 6.01 Å². The average molecular weight is 298 g/mol. The SMILES string of the molecule is COc1ncc(C(=O)N2CCCCC2c2ccccn2)cn1. The first-order valence-electron chi connectivity index (χ1n) is 7.37. The molecule has 22 heavy (non-hydrogen) atoms. The van der Waals surface area contributed by atoms with Crippen molar-refractivity contribution in [2.24, 2.45) is 0 Å². The van der Waals surface area contributed by atoms with Gasteiger partial charge in [0.15, 0.2) is 0 Å². The van der Waals surface area contributed by atoms with Crippen LogP contribution >= 0.6 is 0 Å². The van der Waals surface area contributed by atoms with Crippen LogP contribution in [-0.4, -0.2) is 39.4 Å². The highest BCUT2D eigenvalue weighted by Gasteiger charge is 2.29. The summed E-state index contributed by atoms with van der Waals surface area (Å²) in [5.74, 6) is -0.0574. The number of pyridine rings is 1. The first-order chi connectivity index (χ1) is 10.8. The summed E-state index contributed by atoms with van der Waals surface area (Å²) in [6.45, 7) is 0.728. The van der Waals surface area contributed by atoms with Crippen LogP contribution in [0.2, 0.25) is 0 Å². The molecule has 1 unspecified atom stereocenters. The third-order valence-corrected chi connectivity index (χ3v) is 3.85. The van der Waals surface area contributed by atoms with E-state index in [0.717, 1.165) is 31.5 Å². The third kappa shape index (κ3) is 2.90. The van der Waals surface area contributed by atoms with Gasteiger partial charge in [0, 0.05) is 25.1 Å². The smallest absolute Gasteiger partial charge is 0.316 e. The van der Waals surface area contributed by atoms with Gasteiger partial charge < -0.3 is 9.64 Å². The molecule has 6 heteroatoms. The number of ether oxygens (including phenoxy) is 1. The van der Waals surface area contributed by atoms with Gasteiger partial charge in [-0.25, -0.2) is 9.97 Å². The fourth-order valence-corrected chi connectivity index (χ4v) is 2.75. The van der Waals surface area contributed by atoms with Crippen molar-refractivity contribution in [3.05, 3.63) is 48.0 Å². The lowest BCUT2D eigenvalue weighted by Crippen LogP contribution is -2.39. The van der Waals surface area contributed by atoms with Crippen LogP contribution in [0.4, 0.5) is 0 Å².